The summed E-state index contributed by atoms with van der Waals surface area (Å²) in [7, 11) is 0. The van der Waals surface area contributed by atoms with Crippen molar-refractivity contribution in [3.8, 4) is 0 Å². The molecule has 3 aliphatic heterocycles. The van der Waals surface area contributed by atoms with Crippen LogP contribution in [-0.4, -0.2) is 72.5 Å². The lowest BCUT2D eigenvalue weighted by Gasteiger charge is -2.25. The maximum absolute atomic E-state index is 13.3. The number of halogens is 3. The fourth-order valence-electron chi connectivity index (χ4n) is 6.42. The number of likely N-dealkylation sites (tertiary alicyclic amines) is 2. The first-order valence-corrected chi connectivity index (χ1v) is 14.3. The summed E-state index contributed by atoms with van der Waals surface area (Å²) in [6.45, 7) is 12.3. The van der Waals surface area contributed by atoms with Crippen LogP contribution in [0.5, 0.6) is 0 Å². The van der Waals surface area contributed by atoms with Crippen LogP contribution in [0.15, 0.2) is 42.5 Å². The number of nitro groups is 1. The summed E-state index contributed by atoms with van der Waals surface area (Å²) in [6, 6.07) is 11.6. The molecule has 222 valence electrons. The van der Waals surface area contributed by atoms with E-state index in [9.17, 15) is 28.1 Å². The maximum Gasteiger partial charge on any atom is 0.423 e. The van der Waals surface area contributed by atoms with Crippen molar-refractivity contribution in [3.63, 3.8) is 0 Å². The zero-order valence-corrected chi connectivity index (χ0v) is 23.8. The minimum atomic E-state index is -4.83. The molecule has 3 fully saturated rings. The molecule has 3 saturated heterocycles. The van der Waals surface area contributed by atoms with Crippen LogP contribution in [0, 0.1) is 22.0 Å². The van der Waals surface area contributed by atoms with Crippen LogP contribution in [-0.2, 0) is 16.4 Å². The molecular formula is C30H38F3N5O3. The molecule has 0 saturated carbocycles. The van der Waals surface area contributed by atoms with Crippen molar-refractivity contribution >= 4 is 23.0 Å². The molecule has 0 aromatic heterocycles. The molecule has 0 radical (unpaired) electrons. The summed E-state index contributed by atoms with van der Waals surface area (Å²) < 4.78 is 39.9. The third-order valence-corrected chi connectivity index (χ3v) is 8.71. The number of hydrogen-bond donors (Lipinski definition) is 1. The molecule has 5 rings (SSSR count). The zero-order chi connectivity index (χ0) is 29.5. The van der Waals surface area contributed by atoms with E-state index in [-0.39, 0.29) is 23.1 Å². The van der Waals surface area contributed by atoms with Gasteiger partial charge in [0.25, 0.3) is 5.69 Å². The molecule has 8 nitrogen and oxygen atoms in total. The van der Waals surface area contributed by atoms with Crippen LogP contribution in [0.25, 0.3) is 0 Å². The largest absolute Gasteiger partial charge is 0.423 e. The molecule has 1 amide bonds. The zero-order valence-electron chi connectivity index (χ0n) is 23.8. The maximum atomic E-state index is 13.3. The van der Waals surface area contributed by atoms with Crippen LogP contribution in [0.2, 0.25) is 0 Å². The van der Waals surface area contributed by atoms with E-state index in [1.807, 2.05) is 0 Å². The van der Waals surface area contributed by atoms with Crippen LogP contribution < -0.4 is 10.2 Å². The highest BCUT2D eigenvalue weighted by Gasteiger charge is 2.41. The predicted octanol–water partition coefficient (Wildman–Crippen LogP) is 5.38. The van der Waals surface area contributed by atoms with Crippen LogP contribution >= 0.6 is 0 Å². The summed E-state index contributed by atoms with van der Waals surface area (Å²) in [4.78, 5) is 29.5. The Morgan fingerprint density at radius 3 is 2.24 bits per heavy atom. The minimum absolute atomic E-state index is 0.0478. The number of benzene rings is 2. The smallest absolute Gasteiger partial charge is 0.380 e. The Morgan fingerprint density at radius 2 is 1.66 bits per heavy atom. The van der Waals surface area contributed by atoms with E-state index in [1.165, 1.54) is 17.3 Å². The van der Waals surface area contributed by atoms with Gasteiger partial charge in [0.1, 0.15) is 5.56 Å². The Bertz CT molecular complexity index is 1260. The van der Waals surface area contributed by atoms with E-state index in [0.717, 1.165) is 38.3 Å². The van der Waals surface area contributed by atoms with Crippen LogP contribution in [0.3, 0.4) is 0 Å². The molecule has 3 aliphatic rings. The Hall–Kier alpha value is -3.34. The van der Waals surface area contributed by atoms with Gasteiger partial charge in [0.05, 0.1) is 4.92 Å². The average Bonchev–Trinajstić information content (AvgIpc) is 3.62. The minimum Gasteiger partial charge on any atom is -0.380 e. The van der Waals surface area contributed by atoms with E-state index in [2.05, 4.69) is 60.2 Å². The Labute approximate surface area is 238 Å². The highest BCUT2D eigenvalue weighted by atomic mass is 19.4. The van der Waals surface area contributed by atoms with Gasteiger partial charge in [0, 0.05) is 75.7 Å². The lowest BCUT2D eigenvalue weighted by Crippen LogP contribution is -2.35. The molecule has 11 heteroatoms. The number of carbonyl (C=O) groups is 1. The summed E-state index contributed by atoms with van der Waals surface area (Å²) in [5, 5.41) is 14.0. The number of rotatable bonds is 7. The number of hydrogen-bond acceptors (Lipinski definition) is 6. The quantitative estimate of drug-likeness (QED) is 0.354. The number of amides is 1. The first-order valence-electron chi connectivity index (χ1n) is 14.3. The molecule has 0 aliphatic carbocycles. The van der Waals surface area contributed by atoms with Gasteiger partial charge in [-0.05, 0) is 53.5 Å². The number of anilines is 2. The molecule has 0 spiro atoms. The fraction of sp³-hybridized carbons (Fsp3) is 0.567. The lowest BCUT2D eigenvalue weighted by atomic mass is 9.87. The average molecular weight is 574 g/mol. The second-order valence-corrected chi connectivity index (χ2v) is 12.7. The monoisotopic (exact) mass is 573 g/mol. The number of nitrogens with one attached hydrogen (secondary N) is 1. The van der Waals surface area contributed by atoms with Crippen molar-refractivity contribution in [1.82, 2.24) is 9.80 Å². The molecule has 3 unspecified atom stereocenters. The van der Waals surface area contributed by atoms with E-state index in [0.29, 0.717) is 44.3 Å². The van der Waals surface area contributed by atoms with Gasteiger partial charge in [-0.25, -0.2) is 0 Å². The SMILES string of the molecule is CC(C)(C)c1ccc(N2CC3CN(CCC(=O)N4CCC(Nc5ccc([N+](=O)[O-])c(C(F)(F)F)c5)C4)CC3C2)cc1. The highest BCUT2D eigenvalue weighted by Crippen LogP contribution is 2.38. The van der Waals surface area contributed by atoms with Crippen LogP contribution in [0.1, 0.15) is 44.7 Å². The molecular weight excluding hydrogens is 535 g/mol. The third-order valence-electron chi connectivity index (χ3n) is 8.71. The molecule has 2 aromatic carbocycles. The summed E-state index contributed by atoms with van der Waals surface area (Å²) in [6.07, 6.45) is -3.81. The van der Waals surface area contributed by atoms with E-state index in [4.69, 9.17) is 0 Å². The van der Waals surface area contributed by atoms with Gasteiger partial charge < -0.3 is 20.0 Å². The van der Waals surface area contributed by atoms with Gasteiger partial charge >= 0.3 is 6.18 Å². The number of nitrogens with zero attached hydrogens (tertiary/aromatic N) is 4. The molecule has 1 N–H and O–H groups in total. The van der Waals surface area contributed by atoms with E-state index < -0.39 is 22.4 Å². The van der Waals surface area contributed by atoms with Gasteiger partial charge in [-0.1, -0.05) is 32.9 Å². The Morgan fingerprint density at radius 1 is 1.00 bits per heavy atom. The van der Waals surface area contributed by atoms with Crippen molar-refractivity contribution < 1.29 is 22.9 Å². The molecule has 41 heavy (non-hydrogen) atoms. The lowest BCUT2D eigenvalue weighted by molar-refractivity contribution is -0.388. The molecule has 3 atom stereocenters. The standard InChI is InChI=1S/C30H38F3N5O3/c1-29(2,3)22-4-7-25(8-5-22)37-17-20-15-35(16-21(20)18-37)12-11-28(39)36-13-10-24(19-36)34-23-6-9-27(38(40)41)26(14-23)30(31,32)33/h4-9,14,20-21,24,34H,10-13,15-19H2,1-3H3. The van der Waals surface area contributed by atoms with Crippen molar-refractivity contribution in [2.24, 2.45) is 11.8 Å². The highest BCUT2D eigenvalue weighted by molar-refractivity contribution is 5.77. The Balaban J connectivity index is 1.07. The van der Waals surface area contributed by atoms with Gasteiger partial charge in [0.2, 0.25) is 5.91 Å². The van der Waals surface area contributed by atoms with E-state index in [1.54, 1.807) is 4.90 Å². The second kappa shape index (κ2) is 11.2. The van der Waals surface area contributed by atoms with Gasteiger partial charge in [-0.3, -0.25) is 14.9 Å². The Kier molecular flexibility index (Phi) is 7.93. The van der Waals surface area contributed by atoms with Crippen molar-refractivity contribution in [2.45, 2.75) is 51.2 Å². The topological polar surface area (TPSA) is 82.0 Å². The predicted molar refractivity (Wildman–Crippen MR) is 152 cm³/mol. The number of nitro benzene ring substituents is 1. The number of fused-ring (bicyclic) bond motifs is 1. The number of alkyl halides is 3. The number of carbonyl (C=O) groups excluding carboxylic acids is 1. The summed E-state index contributed by atoms with van der Waals surface area (Å²) >= 11 is 0. The van der Waals surface area contributed by atoms with Gasteiger partial charge in [-0.15, -0.1) is 0 Å². The van der Waals surface area contributed by atoms with E-state index >= 15 is 0 Å². The van der Waals surface area contributed by atoms with Gasteiger partial charge in [-0.2, -0.15) is 13.2 Å². The van der Waals surface area contributed by atoms with Crippen molar-refractivity contribution in [3.05, 3.63) is 63.7 Å². The second-order valence-electron chi connectivity index (χ2n) is 12.7. The fourth-order valence-corrected chi connectivity index (χ4v) is 6.42. The first-order chi connectivity index (χ1) is 19.3. The van der Waals surface area contributed by atoms with Crippen molar-refractivity contribution in [2.75, 3.05) is 56.0 Å². The van der Waals surface area contributed by atoms with Gasteiger partial charge in [0.15, 0.2) is 0 Å². The molecule has 3 heterocycles. The summed E-state index contributed by atoms with van der Waals surface area (Å²) in [5.41, 5.74) is 0.645. The molecule has 2 aromatic rings. The normalized spacial score (nSPS) is 23.2. The van der Waals surface area contributed by atoms with Crippen LogP contribution in [0.4, 0.5) is 30.2 Å². The summed E-state index contributed by atoms with van der Waals surface area (Å²) in [5.74, 6) is 1.23. The van der Waals surface area contributed by atoms with Crippen molar-refractivity contribution in [1.29, 1.82) is 0 Å². The first kappa shape index (κ1) is 29.2. The third kappa shape index (κ3) is 6.60. The molecule has 0 bridgehead atoms.